The van der Waals surface area contributed by atoms with Gasteiger partial charge >= 0.3 is 6.18 Å². The number of fused-ring (bicyclic) bond motifs is 1. The summed E-state index contributed by atoms with van der Waals surface area (Å²) in [5.74, 6) is 0.436. The van der Waals surface area contributed by atoms with Gasteiger partial charge in [0.2, 0.25) is 6.79 Å². The normalized spacial score (nSPS) is 13.4. The molecule has 130 valence electrons. The molecule has 0 aliphatic carbocycles. The number of hydrogen-bond acceptors (Lipinski definition) is 5. The van der Waals surface area contributed by atoms with Crippen LogP contribution in [-0.4, -0.2) is 17.9 Å². The summed E-state index contributed by atoms with van der Waals surface area (Å²) in [6, 6.07) is 5.49. The van der Waals surface area contributed by atoms with Gasteiger partial charge in [0.25, 0.3) is 5.69 Å². The Hall–Kier alpha value is -2.81. The van der Waals surface area contributed by atoms with Gasteiger partial charge in [-0.25, -0.2) is 0 Å². The molecule has 0 saturated carbocycles. The van der Waals surface area contributed by atoms with Crippen molar-refractivity contribution in [3.8, 4) is 11.5 Å². The molecule has 0 atom stereocenters. The first kappa shape index (κ1) is 17.0. The van der Waals surface area contributed by atoms with Crippen LogP contribution in [0.4, 0.5) is 24.5 Å². The third-order valence-corrected chi connectivity index (χ3v) is 3.56. The van der Waals surface area contributed by atoms with Gasteiger partial charge in [0, 0.05) is 11.2 Å². The molecule has 1 aliphatic rings. The first-order valence-electron chi connectivity index (χ1n) is 6.74. The predicted molar refractivity (Wildman–Crippen MR) is 82.9 cm³/mol. The molecule has 0 fully saturated rings. The van der Waals surface area contributed by atoms with Crippen LogP contribution in [0.5, 0.6) is 11.5 Å². The van der Waals surface area contributed by atoms with E-state index in [-0.39, 0.29) is 34.6 Å². The Bertz CT molecular complexity index is 884. The lowest BCUT2D eigenvalue weighted by molar-refractivity contribution is -0.385. The number of alkyl halides is 3. The molecule has 2 aromatic rings. The fourth-order valence-electron chi connectivity index (χ4n) is 2.20. The minimum atomic E-state index is -4.67. The van der Waals surface area contributed by atoms with E-state index in [1.165, 1.54) is 12.1 Å². The van der Waals surface area contributed by atoms with E-state index in [4.69, 9.17) is 21.1 Å². The second kappa shape index (κ2) is 6.25. The van der Waals surface area contributed by atoms with Crippen molar-refractivity contribution in [1.29, 1.82) is 0 Å². The largest absolute Gasteiger partial charge is 0.454 e. The zero-order valence-electron chi connectivity index (χ0n) is 12.2. The highest BCUT2D eigenvalue weighted by atomic mass is 35.5. The molecule has 0 radical (unpaired) electrons. The summed E-state index contributed by atoms with van der Waals surface area (Å²) in [6.45, 7) is -0.0948. The van der Waals surface area contributed by atoms with Gasteiger partial charge in [-0.1, -0.05) is 11.6 Å². The van der Waals surface area contributed by atoms with Gasteiger partial charge in [0.1, 0.15) is 0 Å². The topological polar surface area (TPSA) is 74.0 Å². The molecule has 0 N–H and O–H groups in total. The van der Waals surface area contributed by atoms with Gasteiger partial charge in [-0.2, -0.15) is 13.2 Å². The summed E-state index contributed by atoms with van der Waals surface area (Å²) in [7, 11) is 0. The smallest absolute Gasteiger partial charge is 0.418 e. The number of rotatable bonds is 3. The van der Waals surface area contributed by atoms with E-state index in [2.05, 4.69) is 4.99 Å². The van der Waals surface area contributed by atoms with Crippen LogP contribution in [-0.2, 0) is 6.18 Å². The van der Waals surface area contributed by atoms with Crippen LogP contribution in [0.2, 0.25) is 5.02 Å². The van der Waals surface area contributed by atoms with Gasteiger partial charge in [-0.3, -0.25) is 15.1 Å². The first-order chi connectivity index (χ1) is 11.8. The van der Waals surface area contributed by atoms with Gasteiger partial charge in [0.15, 0.2) is 11.5 Å². The Kier molecular flexibility index (Phi) is 4.25. The number of benzene rings is 2. The quantitative estimate of drug-likeness (QED) is 0.443. The highest BCUT2D eigenvalue weighted by molar-refractivity contribution is 6.30. The maximum absolute atomic E-state index is 13.1. The Balaban J connectivity index is 2.05. The fourth-order valence-corrected chi connectivity index (χ4v) is 2.37. The van der Waals surface area contributed by atoms with Crippen LogP contribution in [0.3, 0.4) is 0 Å². The number of aliphatic imine (C=N–C) groups is 1. The van der Waals surface area contributed by atoms with Crippen molar-refractivity contribution in [2.75, 3.05) is 6.79 Å². The second-order valence-corrected chi connectivity index (χ2v) is 5.38. The Morgan fingerprint density at radius 3 is 2.52 bits per heavy atom. The summed E-state index contributed by atoms with van der Waals surface area (Å²) in [6.07, 6.45) is -3.70. The minimum absolute atomic E-state index is 0.0164. The van der Waals surface area contributed by atoms with Crippen LogP contribution >= 0.6 is 11.6 Å². The monoisotopic (exact) mass is 372 g/mol. The molecule has 0 saturated heterocycles. The third kappa shape index (κ3) is 3.50. The number of nitro groups is 1. The maximum Gasteiger partial charge on any atom is 0.418 e. The lowest BCUT2D eigenvalue weighted by Gasteiger charge is -2.10. The van der Waals surface area contributed by atoms with Crippen LogP contribution in [0.25, 0.3) is 0 Å². The number of hydrogen-bond donors (Lipinski definition) is 0. The van der Waals surface area contributed by atoms with Crippen LogP contribution < -0.4 is 9.47 Å². The molecule has 6 nitrogen and oxygen atoms in total. The Labute approximate surface area is 143 Å². The van der Waals surface area contributed by atoms with Crippen molar-refractivity contribution in [1.82, 2.24) is 0 Å². The molecule has 1 aliphatic heterocycles. The summed E-state index contributed by atoms with van der Waals surface area (Å²) in [5.41, 5.74) is -1.84. The predicted octanol–water partition coefficient (Wildman–Crippen LogP) is 4.75. The second-order valence-electron chi connectivity index (χ2n) is 4.94. The minimum Gasteiger partial charge on any atom is -0.454 e. The molecule has 0 unspecified atom stereocenters. The molecule has 2 aromatic carbocycles. The van der Waals surface area contributed by atoms with Gasteiger partial charge in [0.05, 0.1) is 27.8 Å². The summed E-state index contributed by atoms with van der Waals surface area (Å²) >= 11 is 5.60. The molecule has 10 heteroatoms. The molecule has 0 bridgehead atoms. The maximum atomic E-state index is 13.1. The molecule has 3 rings (SSSR count). The van der Waals surface area contributed by atoms with Crippen molar-refractivity contribution in [2.45, 2.75) is 6.18 Å². The van der Waals surface area contributed by atoms with E-state index in [0.717, 1.165) is 24.4 Å². The first-order valence-corrected chi connectivity index (χ1v) is 7.12. The third-order valence-electron chi connectivity index (χ3n) is 3.33. The standard InChI is InChI=1S/C15H8ClF3N2O4/c16-9-1-2-11(10(4-9)15(17,18)19)20-6-8-3-13-14(25-7-24-13)5-12(8)21(22)23/h1-6H,7H2. The van der Waals surface area contributed by atoms with E-state index >= 15 is 0 Å². The van der Waals surface area contributed by atoms with Crippen molar-refractivity contribution >= 4 is 29.2 Å². The highest BCUT2D eigenvalue weighted by Crippen LogP contribution is 2.39. The number of halogens is 4. The summed E-state index contributed by atoms with van der Waals surface area (Å²) in [5, 5.41) is 11.1. The van der Waals surface area contributed by atoms with Crippen LogP contribution in [0, 0.1) is 10.1 Å². The van der Waals surface area contributed by atoms with E-state index in [1.807, 2.05) is 0 Å². The van der Waals surface area contributed by atoms with Crippen molar-refractivity contribution in [2.24, 2.45) is 4.99 Å². The molecule has 0 spiro atoms. The van der Waals surface area contributed by atoms with Gasteiger partial charge < -0.3 is 9.47 Å². The van der Waals surface area contributed by atoms with Crippen molar-refractivity contribution in [3.63, 3.8) is 0 Å². The van der Waals surface area contributed by atoms with Crippen molar-refractivity contribution < 1.29 is 27.6 Å². The van der Waals surface area contributed by atoms with E-state index in [9.17, 15) is 23.3 Å². The zero-order chi connectivity index (χ0) is 18.2. The highest BCUT2D eigenvalue weighted by Gasteiger charge is 2.33. The van der Waals surface area contributed by atoms with E-state index in [0.29, 0.717) is 0 Å². The molecule has 0 aromatic heterocycles. The summed E-state index contributed by atoms with van der Waals surface area (Å²) in [4.78, 5) is 14.2. The SMILES string of the molecule is O=[N+]([O-])c1cc2c(cc1C=Nc1ccc(Cl)cc1C(F)(F)F)OCO2. The van der Waals surface area contributed by atoms with E-state index in [1.54, 1.807) is 0 Å². The zero-order valence-corrected chi connectivity index (χ0v) is 13.0. The average molecular weight is 373 g/mol. The summed E-state index contributed by atoms with van der Waals surface area (Å²) < 4.78 is 49.4. The average Bonchev–Trinajstić information content (AvgIpc) is 2.99. The van der Waals surface area contributed by atoms with Gasteiger partial charge in [-0.05, 0) is 24.3 Å². The fraction of sp³-hybridized carbons (Fsp3) is 0.133. The number of nitrogens with zero attached hydrogens (tertiary/aromatic N) is 2. The van der Waals surface area contributed by atoms with E-state index < -0.39 is 22.4 Å². The molecular weight excluding hydrogens is 365 g/mol. The molecular formula is C15H8ClF3N2O4. The Morgan fingerprint density at radius 1 is 1.20 bits per heavy atom. The van der Waals surface area contributed by atoms with Crippen LogP contribution in [0.1, 0.15) is 11.1 Å². The molecule has 1 heterocycles. The van der Waals surface area contributed by atoms with Gasteiger partial charge in [-0.15, -0.1) is 0 Å². The number of nitro benzene ring substituents is 1. The number of ether oxygens (including phenoxy) is 2. The molecule has 25 heavy (non-hydrogen) atoms. The Morgan fingerprint density at radius 2 is 1.88 bits per heavy atom. The lowest BCUT2D eigenvalue weighted by atomic mass is 10.1. The lowest BCUT2D eigenvalue weighted by Crippen LogP contribution is -2.05. The molecule has 0 amide bonds. The van der Waals surface area contributed by atoms with Crippen LogP contribution in [0.15, 0.2) is 35.3 Å². The van der Waals surface area contributed by atoms with Crippen molar-refractivity contribution in [3.05, 3.63) is 56.6 Å².